The normalized spacial score (nSPS) is 10.4. The first-order chi connectivity index (χ1) is 8.54. The van der Waals surface area contributed by atoms with Crippen LogP contribution in [-0.2, 0) is 0 Å². The highest BCUT2D eigenvalue weighted by atomic mass is 16.5. The summed E-state index contributed by atoms with van der Waals surface area (Å²) in [5, 5.41) is 12.6. The lowest BCUT2D eigenvalue weighted by Crippen LogP contribution is -1.99. The van der Waals surface area contributed by atoms with E-state index in [0.717, 1.165) is 16.9 Å². The SMILES string of the molecule is COc1ccc(-c2c(C(=O)O)noc2C)cc1C. The van der Waals surface area contributed by atoms with Gasteiger partial charge in [0.25, 0.3) is 0 Å². The average molecular weight is 247 g/mol. The smallest absolute Gasteiger partial charge is 0.358 e. The molecule has 5 heteroatoms. The van der Waals surface area contributed by atoms with Crippen LogP contribution >= 0.6 is 0 Å². The zero-order valence-electron chi connectivity index (χ0n) is 10.4. The molecule has 1 aromatic heterocycles. The highest BCUT2D eigenvalue weighted by Crippen LogP contribution is 2.30. The maximum atomic E-state index is 11.1. The van der Waals surface area contributed by atoms with E-state index in [1.165, 1.54) is 0 Å². The second-order valence-electron chi connectivity index (χ2n) is 3.95. The van der Waals surface area contributed by atoms with Crippen LogP contribution in [-0.4, -0.2) is 23.3 Å². The number of aromatic nitrogens is 1. The number of carbonyl (C=O) groups is 1. The van der Waals surface area contributed by atoms with E-state index in [0.29, 0.717) is 11.3 Å². The molecule has 0 aliphatic carbocycles. The minimum absolute atomic E-state index is 0.0722. The van der Waals surface area contributed by atoms with Crippen molar-refractivity contribution in [2.75, 3.05) is 7.11 Å². The molecule has 0 amide bonds. The standard InChI is InChI=1S/C13H13NO4/c1-7-6-9(4-5-10(7)17-3)11-8(2)18-14-12(11)13(15)16/h4-6H,1-3H3,(H,15,16). The van der Waals surface area contributed by atoms with Gasteiger partial charge in [0.05, 0.1) is 12.7 Å². The molecule has 0 unspecified atom stereocenters. The zero-order chi connectivity index (χ0) is 13.3. The van der Waals surface area contributed by atoms with Gasteiger partial charge in [0.15, 0.2) is 5.69 Å². The quantitative estimate of drug-likeness (QED) is 0.902. The minimum atomic E-state index is -1.10. The van der Waals surface area contributed by atoms with Crippen molar-refractivity contribution in [2.45, 2.75) is 13.8 Å². The van der Waals surface area contributed by atoms with Gasteiger partial charge in [0.2, 0.25) is 0 Å². The Labute approximate surface area is 104 Å². The molecule has 94 valence electrons. The third kappa shape index (κ3) is 1.95. The number of methoxy groups -OCH3 is 1. The van der Waals surface area contributed by atoms with Crippen molar-refractivity contribution in [3.63, 3.8) is 0 Å². The van der Waals surface area contributed by atoms with Gasteiger partial charge in [-0.1, -0.05) is 11.2 Å². The molecule has 0 aliphatic rings. The fraction of sp³-hybridized carbons (Fsp3) is 0.231. The predicted molar refractivity (Wildman–Crippen MR) is 64.9 cm³/mol. The van der Waals surface area contributed by atoms with Crippen molar-refractivity contribution in [1.29, 1.82) is 0 Å². The van der Waals surface area contributed by atoms with Crippen LogP contribution in [0.25, 0.3) is 11.1 Å². The first-order valence-electron chi connectivity index (χ1n) is 5.39. The van der Waals surface area contributed by atoms with Gasteiger partial charge < -0.3 is 14.4 Å². The van der Waals surface area contributed by atoms with Gasteiger partial charge in [-0.25, -0.2) is 4.79 Å². The van der Waals surface area contributed by atoms with Crippen molar-refractivity contribution in [1.82, 2.24) is 5.16 Å². The number of ether oxygens (including phenoxy) is 1. The molecule has 0 aliphatic heterocycles. The number of rotatable bonds is 3. The van der Waals surface area contributed by atoms with Gasteiger partial charge in [0, 0.05) is 0 Å². The summed E-state index contributed by atoms with van der Waals surface area (Å²) in [5.41, 5.74) is 2.11. The highest BCUT2D eigenvalue weighted by molar-refractivity contribution is 5.94. The van der Waals surface area contributed by atoms with Gasteiger partial charge in [-0.2, -0.15) is 0 Å². The summed E-state index contributed by atoms with van der Waals surface area (Å²) < 4.78 is 10.1. The molecule has 2 aromatic rings. The molecule has 5 nitrogen and oxygen atoms in total. The molecule has 18 heavy (non-hydrogen) atoms. The van der Waals surface area contributed by atoms with Gasteiger partial charge in [-0.15, -0.1) is 0 Å². The topological polar surface area (TPSA) is 72.6 Å². The number of hydrogen-bond acceptors (Lipinski definition) is 4. The lowest BCUT2D eigenvalue weighted by molar-refractivity contribution is 0.0686. The van der Waals surface area contributed by atoms with Crippen LogP contribution in [0.5, 0.6) is 5.75 Å². The Kier molecular flexibility index (Phi) is 3.06. The first-order valence-corrected chi connectivity index (χ1v) is 5.39. The predicted octanol–water partition coefficient (Wildman–Crippen LogP) is 2.67. The van der Waals surface area contributed by atoms with E-state index >= 15 is 0 Å². The van der Waals surface area contributed by atoms with Gasteiger partial charge in [-0.3, -0.25) is 0 Å². The van der Waals surface area contributed by atoms with Crippen molar-refractivity contribution >= 4 is 5.97 Å². The summed E-state index contributed by atoms with van der Waals surface area (Å²) in [4.78, 5) is 11.1. The van der Waals surface area contributed by atoms with Crippen LogP contribution < -0.4 is 4.74 Å². The third-order valence-electron chi connectivity index (χ3n) is 2.75. The summed E-state index contributed by atoms with van der Waals surface area (Å²) >= 11 is 0. The Hall–Kier alpha value is -2.30. The van der Waals surface area contributed by atoms with Gasteiger partial charge in [-0.05, 0) is 37.1 Å². The van der Waals surface area contributed by atoms with Crippen LogP contribution in [0.1, 0.15) is 21.8 Å². The van der Waals surface area contributed by atoms with E-state index in [9.17, 15) is 4.79 Å². The Morgan fingerprint density at radius 2 is 2.11 bits per heavy atom. The van der Waals surface area contributed by atoms with Gasteiger partial charge >= 0.3 is 5.97 Å². The van der Waals surface area contributed by atoms with E-state index < -0.39 is 5.97 Å². The molecule has 1 heterocycles. The molecule has 1 N–H and O–H groups in total. The van der Waals surface area contributed by atoms with E-state index in [-0.39, 0.29) is 5.69 Å². The number of benzene rings is 1. The summed E-state index contributed by atoms with van der Waals surface area (Å²) in [7, 11) is 1.59. The number of carboxylic acids is 1. The van der Waals surface area contributed by atoms with Gasteiger partial charge in [0.1, 0.15) is 11.5 Å². The van der Waals surface area contributed by atoms with Crippen LogP contribution in [0.4, 0.5) is 0 Å². The van der Waals surface area contributed by atoms with Crippen LogP contribution in [0.3, 0.4) is 0 Å². The molecule has 0 saturated heterocycles. The molecule has 2 rings (SSSR count). The largest absolute Gasteiger partial charge is 0.496 e. The van der Waals surface area contributed by atoms with Crippen molar-refractivity contribution in [2.24, 2.45) is 0 Å². The van der Waals surface area contributed by atoms with E-state index in [2.05, 4.69) is 5.16 Å². The Morgan fingerprint density at radius 3 is 2.67 bits per heavy atom. The second-order valence-corrected chi connectivity index (χ2v) is 3.95. The van der Waals surface area contributed by atoms with Crippen molar-refractivity contribution < 1.29 is 19.2 Å². The Morgan fingerprint density at radius 1 is 1.39 bits per heavy atom. The summed E-state index contributed by atoms with van der Waals surface area (Å²) in [5.74, 6) is 0.136. The van der Waals surface area contributed by atoms with E-state index in [1.54, 1.807) is 26.2 Å². The van der Waals surface area contributed by atoms with Crippen molar-refractivity contribution in [3.05, 3.63) is 35.2 Å². The van der Waals surface area contributed by atoms with Crippen LogP contribution in [0.2, 0.25) is 0 Å². The van der Waals surface area contributed by atoms with Crippen LogP contribution in [0.15, 0.2) is 22.7 Å². The number of nitrogens with zero attached hydrogens (tertiary/aromatic N) is 1. The lowest BCUT2D eigenvalue weighted by atomic mass is 10.0. The van der Waals surface area contributed by atoms with E-state index in [1.807, 2.05) is 13.0 Å². The third-order valence-corrected chi connectivity index (χ3v) is 2.75. The van der Waals surface area contributed by atoms with Crippen molar-refractivity contribution in [3.8, 4) is 16.9 Å². The monoisotopic (exact) mass is 247 g/mol. The Bertz CT molecular complexity index is 601. The molecular weight excluding hydrogens is 234 g/mol. The fourth-order valence-electron chi connectivity index (χ4n) is 1.89. The minimum Gasteiger partial charge on any atom is -0.496 e. The molecule has 0 radical (unpaired) electrons. The number of hydrogen-bond donors (Lipinski definition) is 1. The number of aromatic carboxylic acids is 1. The van der Waals surface area contributed by atoms with Crippen LogP contribution in [0, 0.1) is 13.8 Å². The first kappa shape index (κ1) is 12.2. The molecule has 0 fully saturated rings. The zero-order valence-corrected chi connectivity index (χ0v) is 10.4. The second kappa shape index (κ2) is 4.52. The molecule has 0 saturated carbocycles. The Balaban J connectivity index is 2.58. The maximum absolute atomic E-state index is 11.1. The summed E-state index contributed by atoms with van der Waals surface area (Å²) in [6.07, 6.45) is 0. The lowest BCUT2D eigenvalue weighted by Gasteiger charge is -2.07. The summed E-state index contributed by atoms with van der Waals surface area (Å²) in [6.45, 7) is 3.58. The molecule has 1 aromatic carbocycles. The maximum Gasteiger partial charge on any atom is 0.358 e. The molecule has 0 spiro atoms. The molecule has 0 bridgehead atoms. The molecular formula is C13H13NO4. The average Bonchev–Trinajstić information content (AvgIpc) is 2.71. The number of aryl methyl sites for hydroxylation is 2. The molecule has 0 atom stereocenters. The summed E-state index contributed by atoms with van der Waals surface area (Å²) in [6, 6.07) is 5.44. The van der Waals surface area contributed by atoms with E-state index in [4.69, 9.17) is 14.4 Å². The highest BCUT2D eigenvalue weighted by Gasteiger charge is 2.20. The number of carboxylic acid groups (broad SMARTS) is 1. The fourth-order valence-corrected chi connectivity index (χ4v) is 1.89.